The predicted molar refractivity (Wildman–Crippen MR) is 98.4 cm³/mol. The van der Waals surface area contributed by atoms with E-state index in [-0.39, 0.29) is 22.5 Å². The lowest BCUT2D eigenvalue weighted by Gasteiger charge is -2.33. The van der Waals surface area contributed by atoms with Gasteiger partial charge < -0.3 is 10.2 Å². The Balaban J connectivity index is 1.91. The molecular formula is C18H19ClF2N4O2. The molecule has 0 bridgehead atoms. The molecule has 1 saturated heterocycles. The molecule has 0 saturated carbocycles. The van der Waals surface area contributed by atoms with E-state index in [2.05, 4.69) is 10.4 Å². The topological polar surface area (TPSA) is 67.2 Å². The van der Waals surface area contributed by atoms with E-state index < -0.39 is 17.2 Å². The maximum absolute atomic E-state index is 14.0. The van der Waals surface area contributed by atoms with Crippen LogP contribution in [0.5, 0.6) is 0 Å². The molecule has 1 unspecified atom stereocenters. The highest BCUT2D eigenvalue weighted by atomic mass is 35.5. The summed E-state index contributed by atoms with van der Waals surface area (Å²) in [7, 11) is 0. The first kappa shape index (κ1) is 19.3. The van der Waals surface area contributed by atoms with E-state index >= 15 is 0 Å². The fourth-order valence-electron chi connectivity index (χ4n) is 3.20. The molecule has 2 aromatic rings. The SMILES string of the molecule is CCNC(=O)C1CCCN(c2cnn(-c3ccc(F)cc3F)c(=O)c2Cl)C1. The van der Waals surface area contributed by atoms with E-state index in [0.717, 1.165) is 29.7 Å². The van der Waals surface area contributed by atoms with Gasteiger partial charge in [0, 0.05) is 25.7 Å². The van der Waals surface area contributed by atoms with Crippen LogP contribution in [0, 0.1) is 17.6 Å². The molecule has 1 N–H and O–H groups in total. The number of nitrogens with zero attached hydrogens (tertiary/aromatic N) is 3. The molecule has 27 heavy (non-hydrogen) atoms. The Bertz CT molecular complexity index is 919. The molecule has 144 valence electrons. The number of aromatic nitrogens is 2. The van der Waals surface area contributed by atoms with Gasteiger partial charge in [-0.25, -0.2) is 8.78 Å². The van der Waals surface area contributed by atoms with Crippen LogP contribution in [0.25, 0.3) is 5.69 Å². The van der Waals surface area contributed by atoms with Gasteiger partial charge in [-0.3, -0.25) is 9.59 Å². The van der Waals surface area contributed by atoms with Crippen molar-refractivity contribution in [3.63, 3.8) is 0 Å². The standard InChI is InChI=1S/C18H19ClF2N4O2/c1-2-22-17(26)11-4-3-7-24(10-11)15-9-23-25(18(27)16(15)19)14-6-5-12(20)8-13(14)21/h5-6,8-9,11H,2-4,7,10H2,1H3,(H,22,26). The number of piperidine rings is 1. The fraction of sp³-hybridized carbons (Fsp3) is 0.389. The summed E-state index contributed by atoms with van der Waals surface area (Å²) < 4.78 is 27.9. The zero-order valence-corrected chi connectivity index (χ0v) is 15.5. The number of nitrogens with one attached hydrogen (secondary N) is 1. The molecule has 1 aliphatic rings. The Morgan fingerprint density at radius 2 is 2.15 bits per heavy atom. The van der Waals surface area contributed by atoms with Crippen molar-refractivity contribution in [3.05, 3.63) is 51.4 Å². The minimum atomic E-state index is -0.914. The number of benzene rings is 1. The van der Waals surface area contributed by atoms with Crippen LogP contribution in [0.15, 0.2) is 29.2 Å². The zero-order chi connectivity index (χ0) is 19.6. The number of rotatable bonds is 4. The highest BCUT2D eigenvalue weighted by Crippen LogP contribution is 2.27. The summed E-state index contributed by atoms with van der Waals surface area (Å²) in [5, 5.41) is 6.68. The van der Waals surface area contributed by atoms with Crippen molar-refractivity contribution >= 4 is 23.2 Å². The van der Waals surface area contributed by atoms with Crippen LogP contribution >= 0.6 is 11.6 Å². The maximum Gasteiger partial charge on any atom is 0.292 e. The number of carbonyl (C=O) groups excluding carboxylic acids is 1. The molecule has 1 amide bonds. The Hall–Kier alpha value is -2.48. The third kappa shape index (κ3) is 3.95. The average molecular weight is 397 g/mol. The van der Waals surface area contributed by atoms with Crippen LogP contribution in [-0.2, 0) is 4.79 Å². The van der Waals surface area contributed by atoms with Gasteiger partial charge in [-0.05, 0) is 31.9 Å². The van der Waals surface area contributed by atoms with Gasteiger partial charge in [0.1, 0.15) is 16.5 Å². The third-order valence-corrected chi connectivity index (χ3v) is 4.88. The van der Waals surface area contributed by atoms with E-state index in [1.165, 1.54) is 6.20 Å². The van der Waals surface area contributed by atoms with Gasteiger partial charge >= 0.3 is 0 Å². The van der Waals surface area contributed by atoms with Crippen LogP contribution < -0.4 is 15.8 Å². The number of amides is 1. The van der Waals surface area contributed by atoms with E-state index in [9.17, 15) is 18.4 Å². The monoisotopic (exact) mass is 396 g/mol. The smallest absolute Gasteiger partial charge is 0.292 e. The Kier molecular flexibility index (Phi) is 5.74. The van der Waals surface area contributed by atoms with Crippen LogP contribution in [0.4, 0.5) is 14.5 Å². The molecule has 3 rings (SSSR count). The summed E-state index contributed by atoms with van der Waals surface area (Å²) in [4.78, 5) is 26.5. The van der Waals surface area contributed by atoms with E-state index in [1.807, 2.05) is 11.8 Å². The van der Waals surface area contributed by atoms with Gasteiger partial charge in [0.2, 0.25) is 5.91 Å². The summed E-state index contributed by atoms with van der Waals surface area (Å²) in [6.07, 6.45) is 2.89. The summed E-state index contributed by atoms with van der Waals surface area (Å²) in [5.41, 5.74) is -0.497. The number of carbonyl (C=O) groups is 1. The van der Waals surface area contributed by atoms with Gasteiger partial charge in [-0.1, -0.05) is 11.6 Å². The normalized spacial score (nSPS) is 17.0. The number of hydrogen-bond donors (Lipinski definition) is 1. The van der Waals surface area contributed by atoms with Crippen LogP contribution in [0.1, 0.15) is 19.8 Å². The lowest BCUT2D eigenvalue weighted by atomic mass is 9.97. The number of halogens is 3. The maximum atomic E-state index is 14.0. The highest BCUT2D eigenvalue weighted by Gasteiger charge is 2.28. The number of hydrogen-bond acceptors (Lipinski definition) is 4. The zero-order valence-electron chi connectivity index (χ0n) is 14.7. The average Bonchev–Trinajstić information content (AvgIpc) is 2.65. The van der Waals surface area contributed by atoms with Crippen molar-refractivity contribution in [2.75, 3.05) is 24.5 Å². The van der Waals surface area contributed by atoms with Gasteiger partial charge in [0.15, 0.2) is 5.82 Å². The van der Waals surface area contributed by atoms with Crippen molar-refractivity contribution in [1.82, 2.24) is 15.1 Å². The molecule has 6 nitrogen and oxygen atoms in total. The first-order chi connectivity index (χ1) is 12.9. The lowest BCUT2D eigenvalue weighted by molar-refractivity contribution is -0.125. The second-order valence-electron chi connectivity index (χ2n) is 6.34. The van der Waals surface area contributed by atoms with Gasteiger partial charge in [-0.15, -0.1) is 0 Å². The molecule has 2 heterocycles. The first-order valence-corrected chi connectivity index (χ1v) is 9.06. The van der Waals surface area contributed by atoms with Crippen molar-refractivity contribution in [2.45, 2.75) is 19.8 Å². The summed E-state index contributed by atoms with van der Waals surface area (Å²) >= 11 is 6.24. The van der Waals surface area contributed by atoms with Crippen molar-refractivity contribution in [3.8, 4) is 5.69 Å². The van der Waals surface area contributed by atoms with Gasteiger partial charge in [0.25, 0.3) is 5.56 Å². The van der Waals surface area contributed by atoms with Crippen molar-refractivity contribution < 1.29 is 13.6 Å². The second kappa shape index (κ2) is 8.04. The van der Waals surface area contributed by atoms with Crippen molar-refractivity contribution in [2.24, 2.45) is 5.92 Å². The van der Waals surface area contributed by atoms with E-state index in [1.54, 1.807) is 0 Å². The molecule has 0 radical (unpaired) electrons. The molecule has 1 aromatic carbocycles. The molecule has 1 aliphatic heterocycles. The largest absolute Gasteiger partial charge is 0.368 e. The van der Waals surface area contributed by atoms with Crippen molar-refractivity contribution in [1.29, 1.82) is 0 Å². The highest BCUT2D eigenvalue weighted by molar-refractivity contribution is 6.33. The molecule has 1 aromatic heterocycles. The molecule has 1 fully saturated rings. The molecule has 9 heteroatoms. The number of anilines is 1. The summed E-state index contributed by atoms with van der Waals surface area (Å²) in [6.45, 7) is 3.46. The van der Waals surface area contributed by atoms with Gasteiger partial charge in [0.05, 0.1) is 17.8 Å². The van der Waals surface area contributed by atoms with E-state index in [4.69, 9.17) is 11.6 Å². The molecule has 0 aliphatic carbocycles. The third-order valence-electron chi connectivity index (χ3n) is 4.52. The Labute approximate surface area is 159 Å². The molecule has 1 atom stereocenters. The fourth-order valence-corrected chi connectivity index (χ4v) is 3.45. The molecule has 0 spiro atoms. The van der Waals surface area contributed by atoms with Crippen LogP contribution in [0.2, 0.25) is 5.02 Å². The Morgan fingerprint density at radius 1 is 1.37 bits per heavy atom. The minimum absolute atomic E-state index is 0.0343. The van der Waals surface area contributed by atoms with Crippen LogP contribution in [-0.4, -0.2) is 35.3 Å². The Morgan fingerprint density at radius 3 is 2.85 bits per heavy atom. The quantitative estimate of drug-likeness (QED) is 0.862. The van der Waals surface area contributed by atoms with Crippen LogP contribution in [0.3, 0.4) is 0 Å². The first-order valence-electron chi connectivity index (χ1n) is 8.68. The van der Waals surface area contributed by atoms with Gasteiger partial charge in [-0.2, -0.15) is 9.78 Å². The molecular weight excluding hydrogens is 378 g/mol. The predicted octanol–water partition coefficient (Wildman–Crippen LogP) is 2.52. The lowest BCUT2D eigenvalue weighted by Crippen LogP contribution is -2.43. The summed E-state index contributed by atoms with van der Waals surface area (Å²) in [6, 6.07) is 2.84. The minimum Gasteiger partial charge on any atom is -0.368 e. The summed E-state index contributed by atoms with van der Waals surface area (Å²) in [5.74, 6) is -1.90. The second-order valence-corrected chi connectivity index (χ2v) is 6.71. The van der Waals surface area contributed by atoms with E-state index in [0.29, 0.717) is 31.4 Å².